The average Bonchev–Trinajstić information content (AvgIpc) is 2.32. The van der Waals surface area contributed by atoms with Gasteiger partial charge in [0.2, 0.25) is 11.9 Å². The SMILES string of the molecule is CC(C)Nc1nc(COCNC#N)nc(NC(C)C)n1. The van der Waals surface area contributed by atoms with Crippen LogP contribution in [0, 0.1) is 11.5 Å². The smallest absolute Gasteiger partial charge is 0.228 e. The zero-order valence-corrected chi connectivity index (χ0v) is 12.3. The molecule has 0 radical (unpaired) electrons. The molecule has 3 N–H and O–H groups in total. The molecule has 20 heavy (non-hydrogen) atoms. The summed E-state index contributed by atoms with van der Waals surface area (Å²) in [4.78, 5) is 12.8. The summed E-state index contributed by atoms with van der Waals surface area (Å²) in [6.07, 6.45) is 1.78. The molecule has 110 valence electrons. The molecule has 1 aromatic rings. The van der Waals surface area contributed by atoms with Crippen LogP contribution in [0.5, 0.6) is 0 Å². The molecule has 8 heteroatoms. The maximum Gasteiger partial charge on any atom is 0.228 e. The van der Waals surface area contributed by atoms with Crippen molar-refractivity contribution < 1.29 is 4.74 Å². The van der Waals surface area contributed by atoms with Crippen molar-refractivity contribution in [3.63, 3.8) is 0 Å². The number of hydrogen-bond donors (Lipinski definition) is 3. The highest BCUT2D eigenvalue weighted by Gasteiger charge is 2.08. The normalized spacial score (nSPS) is 10.4. The van der Waals surface area contributed by atoms with Crippen molar-refractivity contribution in [3.05, 3.63) is 5.82 Å². The summed E-state index contributed by atoms with van der Waals surface area (Å²) in [7, 11) is 0. The van der Waals surface area contributed by atoms with Gasteiger partial charge in [0, 0.05) is 12.1 Å². The highest BCUT2D eigenvalue weighted by Crippen LogP contribution is 2.08. The van der Waals surface area contributed by atoms with E-state index in [1.165, 1.54) is 0 Å². The van der Waals surface area contributed by atoms with Crippen LogP contribution in [0.15, 0.2) is 0 Å². The Kier molecular flexibility index (Phi) is 6.46. The second-order valence-electron chi connectivity index (χ2n) is 4.78. The van der Waals surface area contributed by atoms with E-state index in [9.17, 15) is 0 Å². The Balaban J connectivity index is 2.77. The number of ether oxygens (including phenoxy) is 1. The lowest BCUT2D eigenvalue weighted by Crippen LogP contribution is -2.19. The number of anilines is 2. The highest BCUT2D eigenvalue weighted by molar-refractivity contribution is 5.35. The minimum absolute atomic E-state index is 0.127. The predicted octanol–water partition coefficient (Wildman–Crippen LogP) is 1.06. The van der Waals surface area contributed by atoms with E-state index < -0.39 is 0 Å². The van der Waals surface area contributed by atoms with Gasteiger partial charge >= 0.3 is 0 Å². The van der Waals surface area contributed by atoms with Gasteiger partial charge in [-0.2, -0.15) is 20.2 Å². The second-order valence-corrected chi connectivity index (χ2v) is 4.78. The molecule has 0 fully saturated rings. The molecule has 0 atom stereocenters. The molecular formula is C12H21N7O. The summed E-state index contributed by atoms with van der Waals surface area (Å²) in [5.74, 6) is 1.51. The molecule has 0 aromatic carbocycles. The molecule has 1 rings (SSSR count). The number of nitrogens with one attached hydrogen (secondary N) is 3. The van der Waals surface area contributed by atoms with E-state index in [0.29, 0.717) is 17.7 Å². The topological polar surface area (TPSA) is 108 Å². The van der Waals surface area contributed by atoms with Crippen molar-refractivity contribution in [2.24, 2.45) is 0 Å². The molecule has 0 unspecified atom stereocenters. The number of nitriles is 1. The van der Waals surface area contributed by atoms with Crippen LogP contribution in [0.1, 0.15) is 33.5 Å². The van der Waals surface area contributed by atoms with Crippen molar-refractivity contribution in [1.29, 1.82) is 5.26 Å². The Morgan fingerprint density at radius 2 is 1.60 bits per heavy atom. The third-order valence-corrected chi connectivity index (χ3v) is 2.00. The fourth-order valence-corrected chi connectivity index (χ4v) is 1.36. The van der Waals surface area contributed by atoms with Crippen LogP contribution in [-0.4, -0.2) is 33.8 Å². The third kappa shape index (κ3) is 6.15. The fraction of sp³-hybridized carbons (Fsp3) is 0.667. The fourth-order valence-electron chi connectivity index (χ4n) is 1.36. The zero-order valence-electron chi connectivity index (χ0n) is 12.3. The summed E-state index contributed by atoms with van der Waals surface area (Å²) in [6, 6.07) is 0.441. The molecule has 0 spiro atoms. The van der Waals surface area contributed by atoms with Crippen LogP contribution in [0.3, 0.4) is 0 Å². The Morgan fingerprint density at radius 3 is 2.05 bits per heavy atom. The summed E-state index contributed by atoms with van der Waals surface area (Å²) >= 11 is 0. The molecular weight excluding hydrogens is 258 g/mol. The maximum absolute atomic E-state index is 8.35. The van der Waals surface area contributed by atoms with Crippen molar-refractivity contribution >= 4 is 11.9 Å². The van der Waals surface area contributed by atoms with E-state index in [1.807, 2.05) is 27.7 Å². The average molecular weight is 279 g/mol. The lowest BCUT2D eigenvalue weighted by atomic mass is 10.4. The molecule has 8 nitrogen and oxygen atoms in total. The quantitative estimate of drug-likeness (QED) is 0.280. The Morgan fingerprint density at radius 1 is 1.05 bits per heavy atom. The van der Waals surface area contributed by atoms with Crippen molar-refractivity contribution in [2.75, 3.05) is 17.4 Å². The first-order chi connectivity index (χ1) is 9.51. The Hall–Kier alpha value is -2.14. The van der Waals surface area contributed by atoms with E-state index >= 15 is 0 Å². The maximum atomic E-state index is 8.35. The van der Waals surface area contributed by atoms with Gasteiger partial charge in [-0.05, 0) is 27.7 Å². The van der Waals surface area contributed by atoms with Crippen LogP contribution < -0.4 is 16.0 Å². The van der Waals surface area contributed by atoms with E-state index in [1.54, 1.807) is 6.19 Å². The largest absolute Gasteiger partial charge is 0.353 e. The van der Waals surface area contributed by atoms with E-state index in [2.05, 4.69) is 30.9 Å². The van der Waals surface area contributed by atoms with Crippen molar-refractivity contribution in [3.8, 4) is 6.19 Å². The summed E-state index contributed by atoms with van der Waals surface area (Å²) in [6.45, 7) is 8.36. The van der Waals surface area contributed by atoms with Gasteiger partial charge in [0.25, 0.3) is 0 Å². The van der Waals surface area contributed by atoms with Crippen molar-refractivity contribution in [1.82, 2.24) is 20.3 Å². The van der Waals surface area contributed by atoms with Gasteiger partial charge in [-0.3, -0.25) is 5.32 Å². The van der Waals surface area contributed by atoms with Crippen LogP contribution >= 0.6 is 0 Å². The van der Waals surface area contributed by atoms with Crippen LogP contribution in [0.4, 0.5) is 11.9 Å². The monoisotopic (exact) mass is 279 g/mol. The molecule has 0 amide bonds. The minimum Gasteiger partial charge on any atom is -0.353 e. The first-order valence-corrected chi connectivity index (χ1v) is 6.49. The minimum atomic E-state index is 0.127. The van der Waals surface area contributed by atoms with Crippen LogP contribution in [0.25, 0.3) is 0 Å². The van der Waals surface area contributed by atoms with Crippen LogP contribution in [-0.2, 0) is 11.3 Å². The lowest BCUT2D eigenvalue weighted by Gasteiger charge is -2.13. The molecule has 0 aliphatic carbocycles. The first-order valence-electron chi connectivity index (χ1n) is 6.49. The van der Waals surface area contributed by atoms with Gasteiger partial charge < -0.3 is 15.4 Å². The highest BCUT2D eigenvalue weighted by atomic mass is 16.5. The number of nitrogens with zero attached hydrogens (tertiary/aromatic N) is 4. The standard InChI is InChI=1S/C12H21N7O/c1-8(2)15-11-17-10(5-20-7-14-6-13)18-12(19-11)16-9(3)4/h8-9,14H,5,7H2,1-4H3,(H2,15,16,17,18,19). The van der Waals surface area contributed by atoms with E-state index in [4.69, 9.17) is 10.00 Å². The first kappa shape index (κ1) is 15.9. The van der Waals surface area contributed by atoms with Gasteiger partial charge in [-0.15, -0.1) is 0 Å². The van der Waals surface area contributed by atoms with Gasteiger partial charge in [0.05, 0.1) is 0 Å². The van der Waals surface area contributed by atoms with Gasteiger partial charge in [-0.25, -0.2) is 0 Å². The molecule has 1 aromatic heterocycles. The van der Waals surface area contributed by atoms with E-state index in [0.717, 1.165) is 0 Å². The lowest BCUT2D eigenvalue weighted by molar-refractivity contribution is 0.108. The number of rotatable bonds is 8. The van der Waals surface area contributed by atoms with Gasteiger partial charge in [-0.1, -0.05) is 0 Å². The molecule has 0 aliphatic rings. The van der Waals surface area contributed by atoms with Gasteiger partial charge in [0.1, 0.15) is 13.3 Å². The predicted molar refractivity (Wildman–Crippen MR) is 75.7 cm³/mol. The molecule has 0 saturated carbocycles. The molecule has 1 heterocycles. The van der Waals surface area contributed by atoms with Crippen LogP contribution in [0.2, 0.25) is 0 Å². The number of hydrogen-bond acceptors (Lipinski definition) is 8. The van der Waals surface area contributed by atoms with Gasteiger partial charge in [0.15, 0.2) is 12.0 Å². The Bertz CT molecular complexity index is 427. The summed E-state index contributed by atoms with van der Waals surface area (Å²) in [5, 5.41) is 17.0. The zero-order chi connectivity index (χ0) is 15.0. The summed E-state index contributed by atoms with van der Waals surface area (Å²) < 4.78 is 5.24. The second kappa shape index (κ2) is 8.12. The van der Waals surface area contributed by atoms with Crippen molar-refractivity contribution in [2.45, 2.75) is 46.4 Å². The number of aromatic nitrogens is 3. The Labute approximate surface area is 119 Å². The van der Waals surface area contributed by atoms with E-state index in [-0.39, 0.29) is 25.4 Å². The molecule has 0 saturated heterocycles. The molecule has 0 bridgehead atoms. The molecule has 0 aliphatic heterocycles. The summed E-state index contributed by atoms with van der Waals surface area (Å²) in [5.41, 5.74) is 0. The third-order valence-electron chi connectivity index (χ3n) is 2.00.